The van der Waals surface area contributed by atoms with Gasteiger partial charge in [0.15, 0.2) is 0 Å². The van der Waals surface area contributed by atoms with Crippen LogP contribution in [-0.2, 0) is 0 Å². The fraction of sp³-hybridized carbons (Fsp3) is 0.133. The van der Waals surface area contributed by atoms with E-state index in [0.29, 0.717) is 17.0 Å². The fourth-order valence-electron chi connectivity index (χ4n) is 1.75. The minimum atomic E-state index is -0.396. The van der Waals surface area contributed by atoms with E-state index in [-0.39, 0.29) is 5.91 Å². The van der Waals surface area contributed by atoms with Crippen LogP contribution in [0.4, 0.5) is 10.1 Å². The molecule has 0 atom stereocenters. The zero-order chi connectivity index (χ0) is 14.5. The van der Waals surface area contributed by atoms with Gasteiger partial charge in [0.25, 0.3) is 5.91 Å². The number of amides is 1. The van der Waals surface area contributed by atoms with Crippen molar-refractivity contribution in [3.8, 4) is 5.75 Å². The highest BCUT2D eigenvalue weighted by atomic mass is 32.2. The number of rotatable bonds is 4. The number of thioether (sulfide) groups is 1. The molecule has 0 aliphatic carbocycles. The number of anilines is 1. The largest absolute Gasteiger partial charge is 0.496 e. The lowest BCUT2D eigenvalue weighted by Crippen LogP contribution is -2.13. The number of nitrogens with one attached hydrogen (secondary N) is 1. The molecule has 0 spiro atoms. The minimum Gasteiger partial charge on any atom is -0.496 e. The van der Waals surface area contributed by atoms with Crippen molar-refractivity contribution in [1.82, 2.24) is 0 Å². The van der Waals surface area contributed by atoms with Crippen molar-refractivity contribution < 1.29 is 13.9 Å². The summed E-state index contributed by atoms with van der Waals surface area (Å²) >= 11 is 1.56. The molecule has 0 bridgehead atoms. The molecule has 2 rings (SSSR count). The summed E-state index contributed by atoms with van der Waals surface area (Å²) in [4.78, 5) is 13.2. The van der Waals surface area contributed by atoms with Crippen LogP contribution >= 0.6 is 11.8 Å². The number of carbonyl (C=O) groups excluding carboxylic acids is 1. The number of benzene rings is 2. The van der Waals surface area contributed by atoms with Crippen LogP contribution in [0.15, 0.2) is 47.4 Å². The first-order valence-corrected chi connectivity index (χ1v) is 7.15. The first-order valence-electron chi connectivity index (χ1n) is 5.93. The summed E-state index contributed by atoms with van der Waals surface area (Å²) in [7, 11) is 1.51. The molecule has 0 unspecified atom stereocenters. The smallest absolute Gasteiger partial charge is 0.259 e. The number of ether oxygens (including phenoxy) is 1. The summed E-state index contributed by atoms with van der Waals surface area (Å²) < 4.78 is 18.3. The molecular formula is C15H14FNO2S. The number of hydrogen-bond donors (Lipinski definition) is 1. The number of halogens is 1. The van der Waals surface area contributed by atoms with Gasteiger partial charge in [-0.3, -0.25) is 4.79 Å². The van der Waals surface area contributed by atoms with E-state index in [4.69, 9.17) is 4.74 Å². The Morgan fingerprint density at radius 3 is 2.70 bits per heavy atom. The van der Waals surface area contributed by atoms with Gasteiger partial charge < -0.3 is 10.1 Å². The van der Waals surface area contributed by atoms with Crippen molar-refractivity contribution in [2.24, 2.45) is 0 Å². The van der Waals surface area contributed by atoms with Crippen molar-refractivity contribution in [3.05, 3.63) is 53.8 Å². The Balaban J connectivity index is 2.25. The standard InChI is InChI=1S/C15H14FNO2S/c1-19-14-9-12(20-2)6-7-13(14)15(18)17-11-5-3-4-10(16)8-11/h3-9H,1-2H3,(H,17,18). The third-order valence-corrected chi connectivity index (χ3v) is 3.46. The van der Waals surface area contributed by atoms with Crippen LogP contribution in [0, 0.1) is 5.82 Å². The molecule has 0 saturated heterocycles. The molecular weight excluding hydrogens is 277 g/mol. The van der Waals surface area contributed by atoms with E-state index in [2.05, 4.69) is 5.32 Å². The Labute approximate surface area is 121 Å². The number of methoxy groups -OCH3 is 1. The van der Waals surface area contributed by atoms with E-state index in [1.165, 1.54) is 19.2 Å². The Bertz CT molecular complexity index is 631. The van der Waals surface area contributed by atoms with Crippen LogP contribution in [0.2, 0.25) is 0 Å². The molecule has 2 aromatic carbocycles. The molecule has 3 nitrogen and oxygen atoms in total. The summed E-state index contributed by atoms with van der Waals surface area (Å²) in [5.41, 5.74) is 0.820. The zero-order valence-corrected chi connectivity index (χ0v) is 12.0. The molecule has 1 N–H and O–H groups in total. The Kier molecular flexibility index (Phi) is 4.63. The van der Waals surface area contributed by atoms with Crippen molar-refractivity contribution in [1.29, 1.82) is 0 Å². The normalized spacial score (nSPS) is 10.2. The molecule has 104 valence electrons. The van der Waals surface area contributed by atoms with Crippen molar-refractivity contribution >= 4 is 23.4 Å². The summed E-state index contributed by atoms with van der Waals surface area (Å²) in [6.07, 6.45) is 1.95. The van der Waals surface area contributed by atoms with Gasteiger partial charge in [-0.15, -0.1) is 11.8 Å². The van der Waals surface area contributed by atoms with Crippen LogP contribution in [0.25, 0.3) is 0 Å². The summed E-state index contributed by atoms with van der Waals surface area (Å²) in [6, 6.07) is 11.1. The van der Waals surface area contributed by atoms with Gasteiger partial charge in [0.2, 0.25) is 0 Å². The van der Waals surface area contributed by atoms with Gasteiger partial charge in [-0.1, -0.05) is 6.07 Å². The van der Waals surface area contributed by atoms with Crippen molar-refractivity contribution in [3.63, 3.8) is 0 Å². The van der Waals surface area contributed by atoms with Crippen molar-refractivity contribution in [2.45, 2.75) is 4.90 Å². The van der Waals surface area contributed by atoms with Gasteiger partial charge in [-0.05, 0) is 42.7 Å². The third-order valence-electron chi connectivity index (χ3n) is 2.74. The molecule has 2 aromatic rings. The van der Waals surface area contributed by atoms with E-state index in [9.17, 15) is 9.18 Å². The number of carbonyl (C=O) groups is 1. The second-order valence-corrected chi connectivity index (χ2v) is 4.91. The third kappa shape index (κ3) is 3.30. The quantitative estimate of drug-likeness (QED) is 0.871. The van der Waals surface area contributed by atoms with Crippen LogP contribution in [-0.4, -0.2) is 19.3 Å². The van der Waals surface area contributed by atoms with Crippen LogP contribution < -0.4 is 10.1 Å². The lowest BCUT2D eigenvalue weighted by atomic mass is 10.2. The molecule has 1 amide bonds. The number of hydrogen-bond acceptors (Lipinski definition) is 3. The predicted molar refractivity (Wildman–Crippen MR) is 79.1 cm³/mol. The maximum absolute atomic E-state index is 13.1. The summed E-state index contributed by atoms with van der Waals surface area (Å²) in [5.74, 6) is -0.238. The van der Waals surface area contributed by atoms with Crippen LogP contribution in [0.3, 0.4) is 0 Å². The SMILES string of the molecule is COc1cc(SC)ccc1C(=O)Nc1cccc(F)c1. The monoisotopic (exact) mass is 291 g/mol. The molecule has 0 aliphatic heterocycles. The van der Waals surface area contributed by atoms with Gasteiger partial charge in [0.1, 0.15) is 11.6 Å². The van der Waals surface area contributed by atoms with Crippen LogP contribution in [0.1, 0.15) is 10.4 Å². The molecule has 0 radical (unpaired) electrons. The Hall–Kier alpha value is -2.01. The second-order valence-electron chi connectivity index (χ2n) is 4.03. The highest BCUT2D eigenvalue weighted by Crippen LogP contribution is 2.26. The van der Waals surface area contributed by atoms with Gasteiger partial charge in [0, 0.05) is 10.6 Å². The minimum absolute atomic E-state index is 0.333. The molecule has 0 saturated carbocycles. The maximum Gasteiger partial charge on any atom is 0.259 e. The van der Waals surface area contributed by atoms with Gasteiger partial charge in [-0.25, -0.2) is 4.39 Å². The summed E-state index contributed by atoms with van der Waals surface area (Å²) in [5, 5.41) is 2.65. The van der Waals surface area contributed by atoms with E-state index in [1.807, 2.05) is 12.3 Å². The highest BCUT2D eigenvalue weighted by Gasteiger charge is 2.13. The molecule has 0 fully saturated rings. The Morgan fingerprint density at radius 1 is 1.25 bits per heavy atom. The average molecular weight is 291 g/mol. The van der Waals surface area contributed by atoms with E-state index < -0.39 is 5.82 Å². The fourth-order valence-corrected chi connectivity index (χ4v) is 2.18. The van der Waals surface area contributed by atoms with Gasteiger partial charge >= 0.3 is 0 Å². The molecule has 0 heterocycles. The lowest BCUT2D eigenvalue weighted by Gasteiger charge is -2.10. The van der Waals surface area contributed by atoms with E-state index in [1.54, 1.807) is 36.0 Å². The van der Waals surface area contributed by atoms with Gasteiger partial charge in [-0.2, -0.15) is 0 Å². The highest BCUT2D eigenvalue weighted by molar-refractivity contribution is 7.98. The topological polar surface area (TPSA) is 38.3 Å². The molecule has 0 aliphatic rings. The zero-order valence-electron chi connectivity index (χ0n) is 11.1. The Morgan fingerprint density at radius 2 is 2.05 bits per heavy atom. The predicted octanol–water partition coefficient (Wildman–Crippen LogP) is 3.81. The van der Waals surface area contributed by atoms with E-state index in [0.717, 1.165) is 4.90 Å². The van der Waals surface area contributed by atoms with E-state index >= 15 is 0 Å². The first-order chi connectivity index (χ1) is 9.63. The molecule has 0 aromatic heterocycles. The van der Waals surface area contributed by atoms with Crippen LogP contribution in [0.5, 0.6) is 5.75 Å². The molecule has 5 heteroatoms. The maximum atomic E-state index is 13.1. The second kappa shape index (κ2) is 6.43. The first kappa shape index (κ1) is 14.4. The lowest BCUT2D eigenvalue weighted by molar-refractivity contribution is 0.102. The average Bonchev–Trinajstić information content (AvgIpc) is 2.46. The van der Waals surface area contributed by atoms with Gasteiger partial charge in [0.05, 0.1) is 12.7 Å². The van der Waals surface area contributed by atoms with Crippen molar-refractivity contribution in [2.75, 3.05) is 18.7 Å². The summed E-state index contributed by atoms with van der Waals surface area (Å²) in [6.45, 7) is 0. The molecule has 20 heavy (non-hydrogen) atoms.